The highest BCUT2D eigenvalue weighted by Crippen LogP contribution is 2.24. The van der Waals surface area contributed by atoms with Crippen LogP contribution in [-0.2, 0) is 0 Å². The first kappa shape index (κ1) is 21.8. The van der Waals surface area contributed by atoms with Gasteiger partial charge >= 0.3 is 0 Å². The summed E-state index contributed by atoms with van der Waals surface area (Å²) >= 11 is 0. The first-order chi connectivity index (χ1) is 14.5. The fourth-order valence-corrected chi connectivity index (χ4v) is 3.53. The number of aromatic nitrogens is 2. The maximum Gasteiger partial charge on any atom is 0.270 e. The molecule has 30 heavy (non-hydrogen) atoms. The molecule has 160 valence electrons. The minimum Gasteiger partial charge on any atom is -0.460 e. The van der Waals surface area contributed by atoms with Crippen molar-refractivity contribution in [3.63, 3.8) is 0 Å². The van der Waals surface area contributed by atoms with E-state index in [-0.39, 0.29) is 11.9 Å². The molecule has 0 saturated heterocycles. The molecule has 0 aliphatic rings. The fraction of sp³-hybridized carbons (Fsp3) is 0.417. The second-order valence-corrected chi connectivity index (χ2v) is 7.62. The zero-order valence-electron chi connectivity index (χ0n) is 18.4. The van der Waals surface area contributed by atoms with Crippen molar-refractivity contribution >= 4 is 5.91 Å². The van der Waals surface area contributed by atoms with E-state index in [1.165, 1.54) is 0 Å². The van der Waals surface area contributed by atoms with Crippen LogP contribution in [0.15, 0.2) is 52.9 Å². The molecule has 0 bridgehead atoms. The van der Waals surface area contributed by atoms with Crippen molar-refractivity contribution in [2.24, 2.45) is 0 Å². The Bertz CT molecular complexity index is 941. The summed E-state index contributed by atoms with van der Waals surface area (Å²) in [6.07, 6.45) is 1.99. The Morgan fingerprint density at radius 1 is 1.17 bits per heavy atom. The summed E-state index contributed by atoms with van der Waals surface area (Å²) in [5, 5.41) is 7.79. The number of rotatable bonds is 10. The predicted octanol–water partition coefficient (Wildman–Crippen LogP) is 4.68. The summed E-state index contributed by atoms with van der Waals surface area (Å²) in [7, 11) is 0. The number of nitrogens with one attached hydrogen (secondary N) is 1. The number of hydrogen-bond donors (Lipinski definition) is 1. The maximum absolute atomic E-state index is 13.1. The van der Waals surface area contributed by atoms with Gasteiger partial charge in [-0.2, -0.15) is 5.10 Å². The first-order valence-corrected chi connectivity index (χ1v) is 10.8. The number of furan rings is 1. The van der Waals surface area contributed by atoms with Crippen LogP contribution in [0.5, 0.6) is 0 Å². The molecule has 0 aliphatic carbocycles. The van der Waals surface area contributed by atoms with Crippen LogP contribution in [0.25, 0.3) is 17.1 Å². The van der Waals surface area contributed by atoms with E-state index in [0.717, 1.165) is 43.9 Å². The Hall–Kier alpha value is -2.86. The predicted molar refractivity (Wildman–Crippen MR) is 120 cm³/mol. The van der Waals surface area contributed by atoms with E-state index in [2.05, 4.69) is 36.1 Å². The molecule has 0 radical (unpaired) electrons. The van der Waals surface area contributed by atoms with E-state index in [1.54, 1.807) is 10.7 Å². The van der Waals surface area contributed by atoms with Crippen molar-refractivity contribution in [1.82, 2.24) is 20.0 Å². The van der Waals surface area contributed by atoms with Crippen LogP contribution in [0.3, 0.4) is 0 Å². The van der Waals surface area contributed by atoms with Gasteiger partial charge in [-0.05, 0) is 70.6 Å². The van der Waals surface area contributed by atoms with Gasteiger partial charge < -0.3 is 14.6 Å². The van der Waals surface area contributed by atoms with Gasteiger partial charge in [-0.25, -0.2) is 4.68 Å². The topological polar surface area (TPSA) is 63.3 Å². The zero-order valence-corrected chi connectivity index (χ0v) is 18.4. The Kier molecular flexibility index (Phi) is 7.46. The summed E-state index contributed by atoms with van der Waals surface area (Å²) < 4.78 is 7.40. The van der Waals surface area contributed by atoms with Crippen LogP contribution in [0.4, 0.5) is 0 Å². The quantitative estimate of drug-likeness (QED) is 0.529. The standard InChI is InChI=1S/C24H32N4O2/c1-5-27(6-2)16-10-11-18(3)25-24(29)22-17-21(23-15-14-19(4)30-23)26-28(22)20-12-8-7-9-13-20/h7-9,12-15,17-18H,5-6,10-11,16H2,1-4H3,(H,25,29)/t18-/m0/s1. The molecule has 2 aromatic heterocycles. The van der Waals surface area contributed by atoms with Crippen LogP contribution in [0.2, 0.25) is 0 Å². The van der Waals surface area contributed by atoms with Gasteiger partial charge in [0, 0.05) is 12.1 Å². The molecule has 6 nitrogen and oxygen atoms in total. The summed E-state index contributed by atoms with van der Waals surface area (Å²) in [5.74, 6) is 1.34. The maximum atomic E-state index is 13.1. The van der Waals surface area contributed by atoms with Crippen molar-refractivity contribution < 1.29 is 9.21 Å². The van der Waals surface area contributed by atoms with Crippen LogP contribution in [-0.4, -0.2) is 46.3 Å². The largest absolute Gasteiger partial charge is 0.460 e. The Labute approximate surface area is 178 Å². The number of benzene rings is 1. The molecule has 0 saturated carbocycles. The van der Waals surface area contributed by atoms with E-state index in [4.69, 9.17) is 4.42 Å². The number of carbonyl (C=O) groups is 1. The monoisotopic (exact) mass is 408 g/mol. The first-order valence-electron chi connectivity index (χ1n) is 10.8. The number of aryl methyl sites for hydroxylation is 1. The molecule has 0 fully saturated rings. The summed E-state index contributed by atoms with van der Waals surface area (Å²) in [6, 6.07) is 15.4. The number of carbonyl (C=O) groups excluding carboxylic acids is 1. The Morgan fingerprint density at radius 2 is 1.90 bits per heavy atom. The highest BCUT2D eigenvalue weighted by molar-refractivity contribution is 5.94. The third-order valence-corrected chi connectivity index (χ3v) is 5.32. The number of hydrogen-bond acceptors (Lipinski definition) is 4. The average molecular weight is 409 g/mol. The molecule has 1 aromatic carbocycles. The van der Waals surface area contributed by atoms with Crippen molar-refractivity contribution in [3.05, 3.63) is 60.0 Å². The molecule has 6 heteroatoms. The Morgan fingerprint density at radius 3 is 2.53 bits per heavy atom. The number of amides is 1. The van der Waals surface area contributed by atoms with Crippen LogP contribution < -0.4 is 5.32 Å². The molecule has 2 heterocycles. The number of para-hydroxylation sites is 1. The lowest BCUT2D eigenvalue weighted by Gasteiger charge is -2.20. The minimum absolute atomic E-state index is 0.0847. The molecule has 0 spiro atoms. The van der Waals surface area contributed by atoms with Gasteiger partial charge in [0.1, 0.15) is 17.1 Å². The summed E-state index contributed by atoms with van der Waals surface area (Å²) in [6.45, 7) is 11.5. The van der Waals surface area contributed by atoms with E-state index in [9.17, 15) is 4.79 Å². The SMILES string of the molecule is CCN(CC)CCC[C@H](C)NC(=O)c1cc(-c2ccc(C)o2)nn1-c1ccccc1. The highest BCUT2D eigenvalue weighted by atomic mass is 16.3. The van der Waals surface area contributed by atoms with Gasteiger partial charge in [0.15, 0.2) is 5.76 Å². The second-order valence-electron chi connectivity index (χ2n) is 7.62. The second kappa shape index (κ2) is 10.3. The molecular formula is C24H32N4O2. The van der Waals surface area contributed by atoms with Crippen LogP contribution in [0.1, 0.15) is 49.9 Å². The van der Waals surface area contributed by atoms with Crippen molar-refractivity contribution in [2.75, 3.05) is 19.6 Å². The smallest absolute Gasteiger partial charge is 0.270 e. The van der Waals surface area contributed by atoms with E-state index < -0.39 is 0 Å². The molecule has 3 rings (SSSR count). The van der Waals surface area contributed by atoms with Crippen LogP contribution in [0, 0.1) is 6.92 Å². The third kappa shape index (κ3) is 5.39. The third-order valence-electron chi connectivity index (χ3n) is 5.32. The van der Waals surface area contributed by atoms with Gasteiger partial charge in [0.25, 0.3) is 5.91 Å². The lowest BCUT2D eigenvalue weighted by atomic mass is 10.1. The van der Waals surface area contributed by atoms with E-state index in [1.807, 2.05) is 49.4 Å². The van der Waals surface area contributed by atoms with Gasteiger partial charge in [-0.1, -0.05) is 32.0 Å². The molecule has 1 atom stereocenters. The number of nitrogens with zero attached hydrogens (tertiary/aromatic N) is 3. The van der Waals surface area contributed by atoms with E-state index in [0.29, 0.717) is 17.1 Å². The molecule has 1 N–H and O–H groups in total. The highest BCUT2D eigenvalue weighted by Gasteiger charge is 2.20. The van der Waals surface area contributed by atoms with Crippen molar-refractivity contribution in [1.29, 1.82) is 0 Å². The van der Waals surface area contributed by atoms with Gasteiger partial charge in [-0.3, -0.25) is 4.79 Å². The minimum atomic E-state index is -0.128. The lowest BCUT2D eigenvalue weighted by molar-refractivity contribution is 0.0929. The normalized spacial score (nSPS) is 12.3. The molecule has 0 unspecified atom stereocenters. The van der Waals surface area contributed by atoms with Gasteiger partial charge in [0.2, 0.25) is 0 Å². The fourth-order valence-electron chi connectivity index (χ4n) is 3.53. The van der Waals surface area contributed by atoms with Crippen molar-refractivity contribution in [3.8, 4) is 17.1 Å². The van der Waals surface area contributed by atoms with E-state index >= 15 is 0 Å². The van der Waals surface area contributed by atoms with Crippen LogP contribution >= 0.6 is 0 Å². The molecule has 3 aromatic rings. The van der Waals surface area contributed by atoms with Crippen molar-refractivity contribution in [2.45, 2.75) is 46.6 Å². The lowest BCUT2D eigenvalue weighted by Crippen LogP contribution is -2.34. The zero-order chi connectivity index (χ0) is 21.5. The molecule has 1 amide bonds. The summed E-state index contributed by atoms with van der Waals surface area (Å²) in [4.78, 5) is 15.5. The Balaban J connectivity index is 1.76. The summed E-state index contributed by atoms with van der Waals surface area (Å²) in [5.41, 5.74) is 1.98. The van der Waals surface area contributed by atoms with Gasteiger partial charge in [-0.15, -0.1) is 0 Å². The average Bonchev–Trinajstić information content (AvgIpc) is 3.38. The molecule has 0 aliphatic heterocycles. The molecular weight excluding hydrogens is 376 g/mol. The van der Waals surface area contributed by atoms with Gasteiger partial charge in [0.05, 0.1) is 5.69 Å².